The van der Waals surface area contributed by atoms with Gasteiger partial charge in [0.2, 0.25) is 11.8 Å². The van der Waals surface area contributed by atoms with Gasteiger partial charge in [-0.25, -0.2) is 33.1 Å². The number of carbonyl (C=O) groups is 4. The van der Waals surface area contributed by atoms with E-state index in [2.05, 4.69) is 30.6 Å². The number of alkyl carbamates (subject to hydrolysis) is 2. The Labute approximate surface area is 359 Å². The maximum absolute atomic E-state index is 14.9. The van der Waals surface area contributed by atoms with Crippen LogP contribution in [0.4, 0.5) is 18.4 Å². The number of fused-ring (bicyclic) bond motifs is 5. The number of amides is 4. The summed E-state index contributed by atoms with van der Waals surface area (Å²) in [5.41, 5.74) is 3.73. The highest BCUT2D eigenvalue weighted by molar-refractivity contribution is 5.92. The van der Waals surface area contributed by atoms with E-state index in [1.807, 2.05) is 12.1 Å². The number of likely N-dealkylation sites (tertiary alicyclic amines) is 2. The van der Waals surface area contributed by atoms with Crippen molar-refractivity contribution in [2.45, 2.75) is 83.7 Å². The Morgan fingerprint density at radius 3 is 1.79 bits per heavy atom. The summed E-state index contributed by atoms with van der Waals surface area (Å²) in [7, 11) is 2.41. The molecule has 0 saturated carbocycles. The van der Waals surface area contributed by atoms with Crippen LogP contribution in [0.3, 0.4) is 0 Å². The van der Waals surface area contributed by atoms with Gasteiger partial charge in [0, 0.05) is 40.5 Å². The highest BCUT2D eigenvalue weighted by Crippen LogP contribution is 2.42. The standard InChI is InChI=1S/C44H48F2N8O9/c1-20(2)36(51-43(58)60-5)40(55)53-17-24(45)13-31(53)38-47-15-29(49-38)22-8-10-27-33(11-22)62-19-28-26-9-7-23(12-34(26)63-42(57)35(27)28)30-16-48-39(50-30)32-14-25(46)18-54(32)41(56)37(21(3)4)52-44(59)61-6/h7-12,15-16,20-21,24-25,31-32,36-37H,13-14,17-19H2,1-6H3,(H,47,49)(H,48,50)(H,51,58)(H,52,59)/t24-,25-,31+,32+,36?,37?/m1/s1. The third-order valence-corrected chi connectivity index (χ3v) is 11.9. The summed E-state index contributed by atoms with van der Waals surface area (Å²) in [5, 5.41) is 5.78. The second-order valence-electron chi connectivity index (χ2n) is 16.7. The van der Waals surface area contributed by atoms with Gasteiger partial charge >= 0.3 is 17.8 Å². The van der Waals surface area contributed by atoms with E-state index in [-0.39, 0.29) is 44.4 Å². The van der Waals surface area contributed by atoms with Crippen LogP contribution in [0.15, 0.2) is 58.0 Å². The van der Waals surface area contributed by atoms with Crippen molar-refractivity contribution in [2.75, 3.05) is 27.3 Å². The van der Waals surface area contributed by atoms with Gasteiger partial charge < -0.3 is 49.0 Å². The fraction of sp³-hybridized carbons (Fsp3) is 0.432. The molecule has 4 N–H and O–H groups in total. The summed E-state index contributed by atoms with van der Waals surface area (Å²) in [6, 6.07) is 7.42. The number of H-pyrrole nitrogens is 2. The van der Waals surface area contributed by atoms with Crippen LogP contribution in [0.2, 0.25) is 0 Å². The van der Waals surface area contributed by atoms with Gasteiger partial charge in [-0.2, -0.15) is 0 Å². The van der Waals surface area contributed by atoms with Crippen molar-refractivity contribution in [1.29, 1.82) is 0 Å². The molecule has 63 heavy (non-hydrogen) atoms. The van der Waals surface area contributed by atoms with Crippen LogP contribution in [0.1, 0.15) is 69.8 Å². The second-order valence-corrected chi connectivity index (χ2v) is 16.7. The van der Waals surface area contributed by atoms with Crippen LogP contribution in [-0.4, -0.2) is 105 Å². The zero-order chi connectivity index (χ0) is 44.9. The quantitative estimate of drug-likeness (QED) is 0.117. The third kappa shape index (κ3) is 8.18. The first-order chi connectivity index (χ1) is 30.1. The lowest BCUT2D eigenvalue weighted by Crippen LogP contribution is -2.51. The van der Waals surface area contributed by atoms with Gasteiger partial charge in [-0.1, -0.05) is 45.9 Å². The Morgan fingerprint density at radius 1 is 0.778 bits per heavy atom. The number of nitrogens with one attached hydrogen (secondary N) is 4. The molecule has 6 heterocycles. The van der Waals surface area contributed by atoms with E-state index in [4.69, 9.17) is 18.6 Å². The van der Waals surface area contributed by atoms with Crippen molar-refractivity contribution in [3.05, 3.63) is 76.4 Å². The van der Waals surface area contributed by atoms with Crippen LogP contribution in [0.25, 0.3) is 44.6 Å². The molecule has 0 radical (unpaired) electrons. The maximum atomic E-state index is 14.9. The van der Waals surface area contributed by atoms with Gasteiger partial charge in [-0.15, -0.1) is 0 Å². The Hall–Kier alpha value is -6.79. The van der Waals surface area contributed by atoms with E-state index >= 15 is 0 Å². The van der Waals surface area contributed by atoms with Crippen molar-refractivity contribution in [3.63, 3.8) is 0 Å². The largest absolute Gasteiger partial charge is 0.488 e. The molecule has 0 aliphatic carbocycles. The van der Waals surface area contributed by atoms with E-state index in [1.54, 1.807) is 64.4 Å². The SMILES string of the molecule is COC(=O)NC(C(=O)N1C[C@H](F)C[C@H]1c1ncc(-c2ccc3c(c2)OCc2c-3c(=O)oc3cc(-c4cnc([C@@H]5C[C@@H](F)CN5C(=O)C(NC(=O)OC)C(C)C)[nH]4)ccc23)[nH]1)C(C)C. The van der Waals surface area contributed by atoms with Crippen molar-refractivity contribution in [2.24, 2.45) is 11.8 Å². The number of aromatic amines is 2. The normalized spacial score (nSPS) is 20.3. The van der Waals surface area contributed by atoms with Crippen LogP contribution < -0.4 is 21.0 Å². The molecular weight excluding hydrogens is 823 g/mol. The molecule has 2 saturated heterocycles. The average Bonchev–Trinajstić information content (AvgIpc) is 4.10. The predicted octanol–water partition coefficient (Wildman–Crippen LogP) is 6.12. The maximum Gasteiger partial charge on any atom is 0.407 e. The van der Waals surface area contributed by atoms with Gasteiger partial charge in [0.05, 0.1) is 68.7 Å². The topological polar surface area (TPSA) is 214 Å². The molecule has 3 aromatic heterocycles. The first-order valence-corrected chi connectivity index (χ1v) is 20.7. The molecule has 4 amide bonds. The first-order valence-electron chi connectivity index (χ1n) is 20.7. The molecule has 17 nitrogen and oxygen atoms in total. The molecule has 2 fully saturated rings. The zero-order valence-corrected chi connectivity index (χ0v) is 35.5. The number of alkyl halides is 2. The molecule has 0 bridgehead atoms. The Balaban J connectivity index is 1.02. The van der Waals surface area contributed by atoms with Gasteiger partial charge in [0.15, 0.2) is 0 Å². The average molecular weight is 871 g/mol. The van der Waals surface area contributed by atoms with Crippen LogP contribution in [0.5, 0.6) is 5.75 Å². The number of benzene rings is 2. The third-order valence-electron chi connectivity index (χ3n) is 11.9. The minimum absolute atomic E-state index is 0.0203. The smallest absolute Gasteiger partial charge is 0.407 e. The summed E-state index contributed by atoms with van der Waals surface area (Å²) in [6.45, 7) is 6.87. The minimum atomic E-state index is -1.29. The van der Waals surface area contributed by atoms with Crippen LogP contribution in [-0.2, 0) is 25.7 Å². The molecule has 6 atom stereocenters. The summed E-state index contributed by atoms with van der Waals surface area (Å²) < 4.78 is 51.3. The first kappa shape index (κ1) is 42.9. The Morgan fingerprint density at radius 2 is 1.29 bits per heavy atom. The molecule has 19 heteroatoms. The highest BCUT2D eigenvalue weighted by Gasteiger charge is 2.43. The number of imidazole rings is 2. The lowest BCUT2D eigenvalue weighted by molar-refractivity contribution is -0.136. The number of methoxy groups -OCH3 is 2. The van der Waals surface area contributed by atoms with E-state index in [1.165, 1.54) is 24.0 Å². The molecule has 3 aliphatic heterocycles. The van der Waals surface area contributed by atoms with Crippen molar-refractivity contribution < 1.29 is 46.6 Å². The number of hydrogen-bond donors (Lipinski definition) is 4. The van der Waals surface area contributed by atoms with Crippen LogP contribution >= 0.6 is 0 Å². The van der Waals surface area contributed by atoms with E-state index < -0.39 is 66.1 Å². The Bertz CT molecular complexity index is 2640. The van der Waals surface area contributed by atoms with Crippen molar-refractivity contribution in [3.8, 4) is 39.4 Å². The number of carbonyl (C=O) groups excluding carboxylic acids is 4. The fourth-order valence-electron chi connectivity index (χ4n) is 8.66. The minimum Gasteiger partial charge on any atom is -0.488 e. The zero-order valence-electron chi connectivity index (χ0n) is 35.5. The number of aromatic nitrogens is 4. The number of ether oxygens (including phenoxy) is 3. The number of rotatable bonds is 10. The lowest BCUT2D eigenvalue weighted by Gasteiger charge is -2.29. The van der Waals surface area contributed by atoms with E-state index in [0.717, 1.165) is 0 Å². The summed E-state index contributed by atoms with van der Waals surface area (Å²) in [4.78, 5) is 83.2. The molecule has 5 aromatic rings. The molecule has 332 valence electrons. The van der Waals surface area contributed by atoms with Gasteiger partial charge in [0.25, 0.3) is 0 Å². The Kier molecular flexibility index (Phi) is 11.7. The molecule has 2 unspecified atom stereocenters. The number of nitrogens with zero attached hydrogens (tertiary/aromatic N) is 4. The molecule has 2 aromatic carbocycles. The number of halogens is 2. The highest BCUT2D eigenvalue weighted by atomic mass is 19.1. The van der Waals surface area contributed by atoms with Crippen molar-refractivity contribution in [1.82, 2.24) is 40.4 Å². The molecule has 0 spiro atoms. The summed E-state index contributed by atoms with van der Waals surface area (Å²) in [6.07, 6.45) is -0.894. The summed E-state index contributed by atoms with van der Waals surface area (Å²) >= 11 is 0. The van der Waals surface area contributed by atoms with Gasteiger partial charge in [-0.3, -0.25) is 9.59 Å². The van der Waals surface area contributed by atoms with Crippen molar-refractivity contribution >= 4 is 35.0 Å². The number of hydrogen-bond acceptors (Lipinski definition) is 11. The molecule has 8 rings (SSSR count). The second kappa shape index (κ2) is 17.2. The van der Waals surface area contributed by atoms with Gasteiger partial charge in [0.1, 0.15) is 54.0 Å². The van der Waals surface area contributed by atoms with E-state index in [0.29, 0.717) is 67.6 Å². The molecular formula is C44H48F2N8O9. The van der Waals surface area contributed by atoms with Gasteiger partial charge in [-0.05, 0) is 30.0 Å². The monoisotopic (exact) mass is 870 g/mol. The predicted molar refractivity (Wildman–Crippen MR) is 224 cm³/mol. The molecule has 3 aliphatic rings. The fourth-order valence-corrected chi connectivity index (χ4v) is 8.66. The lowest BCUT2D eigenvalue weighted by atomic mass is 9.94. The summed E-state index contributed by atoms with van der Waals surface area (Å²) in [5.74, 6) is -0.272. The van der Waals surface area contributed by atoms with E-state index in [9.17, 15) is 32.8 Å². The van der Waals surface area contributed by atoms with Crippen LogP contribution in [0, 0.1) is 11.8 Å².